The lowest BCUT2D eigenvalue weighted by molar-refractivity contribution is 0.355. The van der Waals surface area contributed by atoms with Gasteiger partial charge < -0.3 is 14.4 Å². The number of methoxy groups -OCH3 is 2. The van der Waals surface area contributed by atoms with Crippen molar-refractivity contribution in [2.75, 3.05) is 32.2 Å². The van der Waals surface area contributed by atoms with Crippen molar-refractivity contribution in [3.8, 4) is 22.6 Å². The molecule has 28 heavy (non-hydrogen) atoms. The first-order chi connectivity index (χ1) is 13.6. The minimum absolute atomic E-state index is 0.184. The molecule has 1 aliphatic rings. The van der Waals surface area contributed by atoms with Crippen molar-refractivity contribution in [3.63, 3.8) is 0 Å². The first kappa shape index (κ1) is 18.3. The molecule has 1 saturated heterocycles. The average Bonchev–Trinajstić information content (AvgIpc) is 2.73. The molecule has 1 aromatic carbocycles. The van der Waals surface area contributed by atoms with Crippen LogP contribution in [0.3, 0.4) is 0 Å². The number of rotatable bonds is 4. The third-order valence-electron chi connectivity index (χ3n) is 5.37. The smallest absolute Gasteiger partial charge is 0.262 e. The number of aromatic nitrogens is 3. The standard InChI is InChI=1S/C21H24N4O3/c1-13-7-10-25(11-8-13)21-23-19-18(20(26)24-21)15(6-9-22-19)14-4-5-16(27-2)17(12-14)28-3/h4-6,9,12-13H,7-8,10-11H2,1-3H3,(H,22,23,24,26). The molecule has 4 rings (SSSR count). The second-order valence-corrected chi connectivity index (χ2v) is 7.19. The second kappa shape index (κ2) is 7.50. The number of pyridine rings is 1. The van der Waals surface area contributed by atoms with Crippen LogP contribution in [0.1, 0.15) is 19.8 Å². The Kier molecular flexibility index (Phi) is 4.90. The Morgan fingerprint density at radius 2 is 1.86 bits per heavy atom. The normalized spacial score (nSPS) is 15.0. The minimum Gasteiger partial charge on any atom is -0.493 e. The Morgan fingerprint density at radius 3 is 2.57 bits per heavy atom. The second-order valence-electron chi connectivity index (χ2n) is 7.19. The van der Waals surface area contributed by atoms with Gasteiger partial charge in [-0.15, -0.1) is 0 Å². The van der Waals surface area contributed by atoms with Gasteiger partial charge in [0.2, 0.25) is 5.95 Å². The number of anilines is 1. The molecule has 1 N–H and O–H groups in total. The number of benzene rings is 1. The van der Waals surface area contributed by atoms with Gasteiger partial charge >= 0.3 is 0 Å². The number of ether oxygens (including phenoxy) is 2. The van der Waals surface area contributed by atoms with E-state index in [1.807, 2.05) is 24.3 Å². The van der Waals surface area contributed by atoms with Gasteiger partial charge in [-0.25, -0.2) is 4.98 Å². The van der Waals surface area contributed by atoms with E-state index in [1.165, 1.54) is 0 Å². The Balaban J connectivity index is 1.80. The van der Waals surface area contributed by atoms with Gasteiger partial charge in [-0.05, 0) is 48.1 Å². The summed E-state index contributed by atoms with van der Waals surface area (Å²) in [6, 6.07) is 7.40. The summed E-state index contributed by atoms with van der Waals surface area (Å²) in [6.45, 7) is 4.04. The van der Waals surface area contributed by atoms with Crippen LogP contribution in [0.4, 0.5) is 5.95 Å². The molecule has 7 heteroatoms. The number of fused-ring (bicyclic) bond motifs is 1. The first-order valence-corrected chi connectivity index (χ1v) is 9.47. The van der Waals surface area contributed by atoms with Crippen LogP contribution in [-0.2, 0) is 0 Å². The van der Waals surface area contributed by atoms with E-state index in [1.54, 1.807) is 20.4 Å². The molecule has 3 aromatic rings. The molecule has 0 amide bonds. The predicted molar refractivity (Wildman–Crippen MR) is 109 cm³/mol. The van der Waals surface area contributed by atoms with Crippen molar-refractivity contribution in [1.29, 1.82) is 0 Å². The van der Waals surface area contributed by atoms with Crippen LogP contribution in [-0.4, -0.2) is 42.3 Å². The van der Waals surface area contributed by atoms with E-state index in [2.05, 4.69) is 26.8 Å². The number of piperidine rings is 1. The molecule has 1 fully saturated rings. The van der Waals surface area contributed by atoms with E-state index in [-0.39, 0.29) is 5.56 Å². The van der Waals surface area contributed by atoms with Gasteiger partial charge in [0.15, 0.2) is 17.1 Å². The minimum atomic E-state index is -0.184. The summed E-state index contributed by atoms with van der Waals surface area (Å²) in [7, 11) is 3.18. The fourth-order valence-electron chi connectivity index (χ4n) is 3.67. The predicted octanol–water partition coefficient (Wildman–Crippen LogP) is 3.24. The van der Waals surface area contributed by atoms with E-state index in [9.17, 15) is 4.79 Å². The van der Waals surface area contributed by atoms with E-state index < -0.39 is 0 Å². The zero-order valence-corrected chi connectivity index (χ0v) is 16.4. The molecular formula is C21H24N4O3. The molecule has 2 aromatic heterocycles. The van der Waals surface area contributed by atoms with Gasteiger partial charge in [-0.2, -0.15) is 4.98 Å². The Hall–Kier alpha value is -3.09. The lowest BCUT2D eigenvalue weighted by Crippen LogP contribution is -2.35. The van der Waals surface area contributed by atoms with Crippen molar-refractivity contribution in [3.05, 3.63) is 40.8 Å². The molecule has 0 radical (unpaired) electrons. The highest BCUT2D eigenvalue weighted by Gasteiger charge is 2.20. The molecule has 1 aliphatic heterocycles. The zero-order chi connectivity index (χ0) is 19.7. The number of nitrogens with zero attached hydrogens (tertiary/aromatic N) is 3. The van der Waals surface area contributed by atoms with Crippen LogP contribution in [0, 0.1) is 5.92 Å². The molecule has 0 bridgehead atoms. The van der Waals surface area contributed by atoms with E-state index >= 15 is 0 Å². The average molecular weight is 380 g/mol. The molecule has 0 saturated carbocycles. The maximum atomic E-state index is 13.0. The van der Waals surface area contributed by atoms with Crippen LogP contribution in [0.5, 0.6) is 11.5 Å². The van der Waals surface area contributed by atoms with Crippen LogP contribution in [0.15, 0.2) is 35.3 Å². The first-order valence-electron chi connectivity index (χ1n) is 9.47. The summed E-state index contributed by atoms with van der Waals surface area (Å²) in [5.74, 6) is 2.55. The molecule has 0 atom stereocenters. The summed E-state index contributed by atoms with van der Waals surface area (Å²) < 4.78 is 10.7. The zero-order valence-electron chi connectivity index (χ0n) is 16.4. The quantitative estimate of drug-likeness (QED) is 0.748. The molecule has 0 spiro atoms. The highest BCUT2D eigenvalue weighted by Crippen LogP contribution is 2.34. The number of aromatic amines is 1. The number of H-pyrrole nitrogens is 1. The maximum Gasteiger partial charge on any atom is 0.262 e. The van der Waals surface area contributed by atoms with Crippen molar-refractivity contribution in [2.45, 2.75) is 19.8 Å². The Morgan fingerprint density at radius 1 is 1.11 bits per heavy atom. The maximum absolute atomic E-state index is 13.0. The molecule has 7 nitrogen and oxygen atoms in total. The Bertz CT molecular complexity index is 1060. The van der Waals surface area contributed by atoms with Crippen LogP contribution in [0.25, 0.3) is 22.2 Å². The molecule has 146 valence electrons. The van der Waals surface area contributed by atoms with Gasteiger partial charge in [0.1, 0.15) is 0 Å². The van der Waals surface area contributed by atoms with Crippen molar-refractivity contribution in [2.24, 2.45) is 5.92 Å². The van der Waals surface area contributed by atoms with Gasteiger partial charge in [0.25, 0.3) is 5.56 Å². The van der Waals surface area contributed by atoms with Gasteiger partial charge in [-0.1, -0.05) is 13.0 Å². The SMILES string of the molecule is COc1ccc(-c2ccnc3nc(N4CCC(C)CC4)[nH]c(=O)c23)cc1OC. The van der Waals surface area contributed by atoms with E-state index in [0.717, 1.165) is 37.1 Å². The summed E-state index contributed by atoms with van der Waals surface area (Å²) in [5.41, 5.74) is 1.87. The number of nitrogens with one attached hydrogen (secondary N) is 1. The Labute approximate surface area is 163 Å². The van der Waals surface area contributed by atoms with Crippen molar-refractivity contribution in [1.82, 2.24) is 15.0 Å². The third-order valence-corrected chi connectivity index (χ3v) is 5.37. The van der Waals surface area contributed by atoms with Crippen molar-refractivity contribution < 1.29 is 9.47 Å². The molecular weight excluding hydrogens is 356 g/mol. The third kappa shape index (κ3) is 3.28. The summed E-state index contributed by atoms with van der Waals surface area (Å²) >= 11 is 0. The highest BCUT2D eigenvalue weighted by molar-refractivity contribution is 5.92. The summed E-state index contributed by atoms with van der Waals surface area (Å²) in [5, 5.41) is 0.476. The number of hydrogen-bond donors (Lipinski definition) is 1. The van der Waals surface area contributed by atoms with Gasteiger partial charge in [0.05, 0.1) is 19.6 Å². The fourth-order valence-corrected chi connectivity index (χ4v) is 3.67. The van der Waals surface area contributed by atoms with Crippen LogP contribution in [0.2, 0.25) is 0 Å². The number of hydrogen-bond acceptors (Lipinski definition) is 6. The largest absolute Gasteiger partial charge is 0.493 e. The molecule has 0 unspecified atom stereocenters. The topological polar surface area (TPSA) is 80.3 Å². The van der Waals surface area contributed by atoms with Crippen molar-refractivity contribution >= 4 is 17.0 Å². The fraction of sp³-hybridized carbons (Fsp3) is 0.381. The van der Waals surface area contributed by atoms with Gasteiger partial charge in [-0.3, -0.25) is 9.78 Å². The molecule has 3 heterocycles. The summed E-state index contributed by atoms with van der Waals surface area (Å²) in [4.78, 5) is 27.1. The lowest BCUT2D eigenvalue weighted by atomic mass is 9.99. The lowest BCUT2D eigenvalue weighted by Gasteiger charge is -2.30. The van der Waals surface area contributed by atoms with E-state index in [0.29, 0.717) is 34.4 Å². The van der Waals surface area contributed by atoms with E-state index in [4.69, 9.17) is 9.47 Å². The monoisotopic (exact) mass is 380 g/mol. The van der Waals surface area contributed by atoms with Crippen LogP contribution < -0.4 is 19.9 Å². The van der Waals surface area contributed by atoms with Crippen LogP contribution >= 0.6 is 0 Å². The van der Waals surface area contributed by atoms with Gasteiger partial charge in [0, 0.05) is 19.3 Å². The highest BCUT2D eigenvalue weighted by atomic mass is 16.5. The summed E-state index contributed by atoms with van der Waals surface area (Å²) in [6.07, 6.45) is 3.88. The molecule has 0 aliphatic carbocycles.